The number of aromatic nitrogens is 2. The first-order valence-electron chi connectivity index (χ1n) is 4.58. The molecule has 0 spiro atoms. The average molecular weight is 208 g/mol. The highest BCUT2D eigenvalue weighted by Gasteiger charge is 2.14. The largest absolute Gasteiger partial charge is 0.265 e. The van der Waals surface area contributed by atoms with Crippen molar-refractivity contribution in [1.82, 2.24) is 9.78 Å². The number of nitrogens with zero attached hydrogens (tertiary/aromatic N) is 2. The minimum Gasteiger partial charge on any atom is -0.238 e. The Hall–Kier alpha value is -1.71. The molecule has 0 fully saturated rings. The molecular formula is C11H10F2N2. The molecule has 0 amide bonds. The molecule has 0 saturated heterocycles. The molecule has 0 radical (unpaired) electrons. The summed E-state index contributed by atoms with van der Waals surface area (Å²) in [6, 6.07) is 8.16. The van der Waals surface area contributed by atoms with E-state index in [0.29, 0.717) is 5.69 Å². The van der Waals surface area contributed by atoms with Crippen molar-refractivity contribution < 1.29 is 8.78 Å². The van der Waals surface area contributed by atoms with Gasteiger partial charge in [-0.2, -0.15) is 5.10 Å². The van der Waals surface area contributed by atoms with Crippen LogP contribution in [0.2, 0.25) is 0 Å². The highest BCUT2D eigenvalue weighted by Crippen LogP contribution is 2.25. The van der Waals surface area contributed by atoms with E-state index in [9.17, 15) is 8.78 Å². The summed E-state index contributed by atoms with van der Waals surface area (Å²) in [5.74, 6) is 0. The second-order valence-electron chi connectivity index (χ2n) is 3.24. The number of alkyl halides is 2. The third-order valence-corrected chi connectivity index (χ3v) is 2.23. The van der Waals surface area contributed by atoms with Crippen molar-refractivity contribution in [2.45, 2.75) is 13.3 Å². The minimum absolute atomic E-state index is 0.00398. The van der Waals surface area contributed by atoms with Gasteiger partial charge in [-0.25, -0.2) is 13.5 Å². The van der Waals surface area contributed by atoms with E-state index in [0.717, 1.165) is 5.69 Å². The molecule has 0 atom stereocenters. The lowest BCUT2D eigenvalue weighted by molar-refractivity contribution is 0.151. The van der Waals surface area contributed by atoms with Crippen molar-refractivity contribution in [2.75, 3.05) is 0 Å². The number of rotatable bonds is 2. The normalized spacial score (nSPS) is 10.9. The van der Waals surface area contributed by atoms with Crippen molar-refractivity contribution in [3.63, 3.8) is 0 Å². The monoisotopic (exact) mass is 208 g/mol. The van der Waals surface area contributed by atoms with Crippen molar-refractivity contribution in [3.8, 4) is 5.69 Å². The molecule has 0 aliphatic rings. The van der Waals surface area contributed by atoms with Gasteiger partial charge in [0.05, 0.1) is 5.69 Å². The Labute approximate surface area is 86.2 Å². The molecule has 0 N–H and O–H groups in total. The zero-order valence-electron chi connectivity index (χ0n) is 8.19. The molecule has 2 rings (SSSR count). The molecular weight excluding hydrogens is 198 g/mol. The van der Waals surface area contributed by atoms with Crippen LogP contribution in [0.25, 0.3) is 5.69 Å². The van der Waals surface area contributed by atoms with Gasteiger partial charge in [0.25, 0.3) is 6.43 Å². The number of para-hydroxylation sites is 1. The van der Waals surface area contributed by atoms with Gasteiger partial charge in [-0.1, -0.05) is 18.2 Å². The molecule has 0 saturated carbocycles. The molecule has 0 bridgehead atoms. The molecule has 4 heteroatoms. The summed E-state index contributed by atoms with van der Waals surface area (Å²) >= 11 is 0. The summed E-state index contributed by atoms with van der Waals surface area (Å²) in [4.78, 5) is 0. The maximum absolute atomic E-state index is 12.7. The van der Waals surface area contributed by atoms with Crippen molar-refractivity contribution >= 4 is 0 Å². The lowest BCUT2D eigenvalue weighted by Crippen LogP contribution is -2.03. The lowest BCUT2D eigenvalue weighted by atomic mass is 10.2. The van der Waals surface area contributed by atoms with Crippen molar-refractivity contribution in [1.29, 1.82) is 0 Å². The lowest BCUT2D eigenvalue weighted by Gasteiger charge is -2.09. The maximum atomic E-state index is 12.7. The predicted octanol–water partition coefficient (Wildman–Crippen LogP) is 3.12. The van der Waals surface area contributed by atoms with Gasteiger partial charge < -0.3 is 0 Å². The number of halogens is 2. The number of hydrogen-bond acceptors (Lipinski definition) is 1. The zero-order chi connectivity index (χ0) is 10.8. The SMILES string of the molecule is Cc1ccnn1-c1ccccc1C(F)F. The standard InChI is InChI=1S/C11H10F2N2/c1-8-6-7-14-15(8)10-5-3-2-4-9(10)11(12)13/h2-7,11H,1H3. The molecule has 0 aliphatic heterocycles. The van der Waals surface area contributed by atoms with Gasteiger partial charge in [0.2, 0.25) is 0 Å². The Morgan fingerprint density at radius 2 is 1.93 bits per heavy atom. The summed E-state index contributed by atoms with van der Waals surface area (Å²) < 4.78 is 26.9. The third kappa shape index (κ3) is 1.75. The van der Waals surface area contributed by atoms with E-state index in [4.69, 9.17) is 0 Å². The summed E-state index contributed by atoms with van der Waals surface area (Å²) in [6.07, 6.45) is -0.887. The van der Waals surface area contributed by atoms with Crippen LogP contribution in [0.5, 0.6) is 0 Å². The molecule has 2 aromatic rings. The van der Waals surface area contributed by atoms with Crippen LogP contribution in [0.3, 0.4) is 0 Å². The topological polar surface area (TPSA) is 17.8 Å². The van der Waals surface area contributed by atoms with E-state index < -0.39 is 6.43 Å². The highest BCUT2D eigenvalue weighted by molar-refractivity contribution is 5.42. The number of hydrogen-bond donors (Lipinski definition) is 0. The molecule has 0 aliphatic carbocycles. The van der Waals surface area contributed by atoms with Crippen LogP contribution in [0.1, 0.15) is 17.7 Å². The highest BCUT2D eigenvalue weighted by atomic mass is 19.3. The second kappa shape index (κ2) is 3.81. The van der Waals surface area contributed by atoms with Crippen LogP contribution in [0.4, 0.5) is 8.78 Å². The third-order valence-electron chi connectivity index (χ3n) is 2.23. The molecule has 78 valence electrons. The summed E-state index contributed by atoms with van der Waals surface area (Å²) in [7, 11) is 0. The van der Waals surface area contributed by atoms with Gasteiger partial charge in [0.1, 0.15) is 0 Å². The van der Waals surface area contributed by atoms with E-state index in [-0.39, 0.29) is 5.56 Å². The summed E-state index contributed by atoms with van der Waals surface area (Å²) in [5.41, 5.74) is 1.28. The quantitative estimate of drug-likeness (QED) is 0.741. The van der Waals surface area contributed by atoms with Gasteiger partial charge in [-0.05, 0) is 19.1 Å². The van der Waals surface area contributed by atoms with Gasteiger partial charge in [0, 0.05) is 17.5 Å². The zero-order valence-corrected chi connectivity index (χ0v) is 8.19. The summed E-state index contributed by atoms with van der Waals surface area (Å²) in [6.45, 7) is 1.83. The molecule has 15 heavy (non-hydrogen) atoms. The van der Waals surface area contributed by atoms with E-state index in [2.05, 4.69) is 5.10 Å². The fourth-order valence-corrected chi connectivity index (χ4v) is 1.49. The van der Waals surface area contributed by atoms with Gasteiger partial charge in [-0.15, -0.1) is 0 Å². The number of benzene rings is 1. The van der Waals surface area contributed by atoms with Crippen LogP contribution in [-0.2, 0) is 0 Å². The minimum atomic E-state index is -2.48. The molecule has 1 heterocycles. The fraction of sp³-hybridized carbons (Fsp3) is 0.182. The Kier molecular flexibility index (Phi) is 2.49. The van der Waals surface area contributed by atoms with Crippen LogP contribution < -0.4 is 0 Å². The molecule has 1 aromatic carbocycles. The van der Waals surface area contributed by atoms with E-state index >= 15 is 0 Å². The Morgan fingerprint density at radius 3 is 2.53 bits per heavy atom. The van der Waals surface area contributed by atoms with Crippen LogP contribution in [0, 0.1) is 6.92 Å². The van der Waals surface area contributed by atoms with E-state index in [1.807, 2.05) is 6.92 Å². The molecule has 2 nitrogen and oxygen atoms in total. The first-order chi connectivity index (χ1) is 7.20. The average Bonchev–Trinajstić information content (AvgIpc) is 2.64. The Balaban J connectivity index is 2.58. The maximum Gasteiger partial charge on any atom is 0.265 e. The number of aryl methyl sites for hydroxylation is 1. The first-order valence-corrected chi connectivity index (χ1v) is 4.58. The smallest absolute Gasteiger partial charge is 0.238 e. The van der Waals surface area contributed by atoms with Crippen molar-refractivity contribution in [2.24, 2.45) is 0 Å². The van der Waals surface area contributed by atoms with Gasteiger partial charge in [0.15, 0.2) is 0 Å². The second-order valence-corrected chi connectivity index (χ2v) is 3.24. The fourth-order valence-electron chi connectivity index (χ4n) is 1.49. The predicted molar refractivity (Wildman–Crippen MR) is 53.3 cm³/mol. The van der Waals surface area contributed by atoms with Crippen molar-refractivity contribution in [3.05, 3.63) is 47.8 Å². The summed E-state index contributed by atoms with van der Waals surface area (Å²) in [5, 5.41) is 4.01. The van der Waals surface area contributed by atoms with Crippen LogP contribution in [-0.4, -0.2) is 9.78 Å². The van der Waals surface area contributed by atoms with Crippen LogP contribution in [0.15, 0.2) is 36.5 Å². The van der Waals surface area contributed by atoms with Crippen LogP contribution >= 0.6 is 0 Å². The van der Waals surface area contributed by atoms with E-state index in [1.165, 1.54) is 10.7 Å². The molecule has 1 aromatic heterocycles. The first kappa shape index (κ1) is 9.83. The Bertz CT molecular complexity index is 463. The van der Waals surface area contributed by atoms with E-state index in [1.54, 1.807) is 30.5 Å². The Morgan fingerprint density at radius 1 is 1.20 bits per heavy atom. The molecule has 0 unspecified atom stereocenters. The van der Waals surface area contributed by atoms with Gasteiger partial charge >= 0.3 is 0 Å². The van der Waals surface area contributed by atoms with Gasteiger partial charge in [-0.3, -0.25) is 0 Å².